The monoisotopic (exact) mass is 337 g/mol. The Balaban J connectivity index is 1.68. The zero-order valence-corrected chi connectivity index (χ0v) is 14.6. The van der Waals surface area contributed by atoms with Gasteiger partial charge in [-0.1, -0.05) is 12.1 Å². The Hall–Kier alpha value is -2.53. The molecule has 0 fully saturated rings. The molecule has 4 nitrogen and oxygen atoms in total. The Bertz CT molecular complexity index is 843. The van der Waals surface area contributed by atoms with Crippen LogP contribution in [0, 0.1) is 13.8 Å². The minimum absolute atomic E-state index is 0.0919. The Morgan fingerprint density at radius 2 is 1.92 bits per heavy atom. The number of nitrogens with zero attached hydrogens (tertiary/aromatic N) is 2. The van der Waals surface area contributed by atoms with E-state index in [4.69, 9.17) is 0 Å². The fourth-order valence-corrected chi connectivity index (χ4v) is 3.44. The lowest BCUT2D eigenvalue weighted by Gasteiger charge is -2.04. The predicted octanol–water partition coefficient (Wildman–Crippen LogP) is 4.19. The van der Waals surface area contributed by atoms with Crippen molar-refractivity contribution in [1.82, 2.24) is 9.97 Å². The number of hydrogen-bond donors (Lipinski definition) is 1. The summed E-state index contributed by atoms with van der Waals surface area (Å²) in [5.41, 5.74) is 3.94. The third-order valence-corrected chi connectivity index (χ3v) is 4.92. The maximum Gasteiger partial charge on any atom is 0.267 e. The summed E-state index contributed by atoms with van der Waals surface area (Å²) in [6.45, 7) is 3.89. The molecule has 0 atom stereocenters. The van der Waals surface area contributed by atoms with E-state index in [1.54, 1.807) is 12.4 Å². The molecule has 0 radical (unpaired) electrons. The van der Waals surface area contributed by atoms with Gasteiger partial charge in [-0.3, -0.25) is 9.78 Å². The molecule has 1 amide bonds. The van der Waals surface area contributed by atoms with Crippen LogP contribution in [0.15, 0.2) is 48.8 Å². The normalized spacial score (nSPS) is 10.6. The molecule has 2 aromatic heterocycles. The zero-order chi connectivity index (χ0) is 16.9. The van der Waals surface area contributed by atoms with E-state index >= 15 is 0 Å². The minimum atomic E-state index is -0.0919. The molecule has 5 heteroatoms. The first-order valence-corrected chi connectivity index (χ1v) is 8.66. The fourth-order valence-electron chi connectivity index (χ4n) is 2.48. The largest absolute Gasteiger partial charge is 0.321 e. The smallest absolute Gasteiger partial charge is 0.267 e. The van der Waals surface area contributed by atoms with Gasteiger partial charge in [-0.15, -0.1) is 11.3 Å². The van der Waals surface area contributed by atoms with E-state index in [1.807, 2.05) is 50.2 Å². The number of amides is 1. The van der Waals surface area contributed by atoms with Gasteiger partial charge in [0.25, 0.3) is 5.91 Å². The molecule has 0 bridgehead atoms. The molecule has 3 rings (SSSR count). The van der Waals surface area contributed by atoms with Gasteiger partial charge in [0.05, 0.1) is 10.7 Å². The average molecular weight is 337 g/mol. The van der Waals surface area contributed by atoms with Crippen molar-refractivity contribution in [3.8, 4) is 0 Å². The second kappa shape index (κ2) is 7.36. The third kappa shape index (κ3) is 4.06. The average Bonchev–Trinajstić information content (AvgIpc) is 2.95. The molecular weight excluding hydrogens is 318 g/mol. The van der Waals surface area contributed by atoms with Gasteiger partial charge < -0.3 is 5.32 Å². The van der Waals surface area contributed by atoms with Crippen molar-refractivity contribution in [2.24, 2.45) is 0 Å². The van der Waals surface area contributed by atoms with Crippen LogP contribution in [0.4, 0.5) is 5.69 Å². The second-order valence-electron chi connectivity index (χ2n) is 5.70. The third-order valence-electron chi connectivity index (χ3n) is 3.70. The molecule has 1 aromatic carbocycles. The molecule has 2 heterocycles. The van der Waals surface area contributed by atoms with Crippen LogP contribution in [-0.4, -0.2) is 15.9 Å². The maximum atomic E-state index is 12.5. The van der Waals surface area contributed by atoms with Crippen LogP contribution < -0.4 is 5.32 Å². The van der Waals surface area contributed by atoms with Crippen molar-refractivity contribution in [3.63, 3.8) is 0 Å². The van der Waals surface area contributed by atoms with Crippen molar-refractivity contribution in [2.45, 2.75) is 26.7 Å². The fraction of sp³-hybridized carbons (Fsp3) is 0.211. The number of pyridine rings is 1. The van der Waals surface area contributed by atoms with Gasteiger partial charge >= 0.3 is 0 Å². The Morgan fingerprint density at radius 3 is 2.67 bits per heavy atom. The number of carbonyl (C=O) groups excluding carboxylic acids is 1. The zero-order valence-electron chi connectivity index (χ0n) is 13.7. The van der Waals surface area contributed by atoms with Gasteiger partial charge in [0.1, 0.15) is 4.88 Å². The predicted molar refractivity (Wildman–Crippen MR) is 97.6 cm³/mol. The quantitative estimate of drug-likeness (QED) is 0.759. The van der Waals surface area contributed by atoms with Crippen LogP contribution >= 0.6 is 11.3 Å². The highest BCUT2D eigenvalue weighted by Gasteiger charge is 2.15. The number of aromatic nitrogens is 2. The Kier molecular flexibility index (Phi) is 5.01. The van der Waals surface area contributed by atoms with E-state index in [9.17, 15) is 4.79 Å². The summed E-state index contributed by atoms with van der Waals surface area (Å²) >= 11 is 1.47. The van der Waals surface area contributed by atoms with Crippen LogP contribution in [0.25, 0.3) is 0 Å². The molecular formula is C19H19N3OS. The van der Waals surface area contributed by atoms with Crippen LogP contribution in [0.3, 0.4) is 0 Å². The van der Waals surface area contributed by atoms with Crippen molar-refractivity contribution >= 4 is 22.9 Å². The molecule has 0 saturated heterocycles. The minimum Gasteiger partial charge on any atom is -0.321 e. The molecule has 3 aromatic rings. The van der Waals surface area contributed by atoms with Crippen LogP contribution in [0.2, 0.25) is 0 Å². The molecule has 1 N–H and O–H groups in total. The molecule has 0 aliphatic carbocycles. The van der Waals surface area contributed by atoms with Gasteiger partial charge in [0.2, 0.25) is 0 Å². The van der Waals surface area contributed by atoms with E-state index in [0.717, 1.165) is 34.8 Å². The maximum absolute atomic E-state index is 12.5. The lowest BCUT2D eigenvalue weighted by Crippen LogP contribution is -2.11. The molecule has 0 aliphatic rings. The Labute approximate surface area is 145 Å². The Morgan fingerprint density at radius 1 is 1.12 bits per heavy atom. The number of hydrogen-bond acceptors (Lipinski definition) is 4. The highest BCUT2D eigenvalue weighted by atomic mass is 32.1. The summed E-state index contributed by atoms with van der Waals surface area (Å²) in [7, 11) is 0. The first kappa shape index (κ1) is 16.3. The van der Waals surface area contributed by atoms with E-state index in [-0.39, 0.29) is 5.91 Å². The molecule has 24 heavy (non-hydrogen) atoms. The molecule has 0 spiro atoms. The number of aryl methyl sites for hydroxylation is 4. The van der Waals surface area contributed by atoms with E-state index in [0.29, 0.717) is 4.88 Å². The van der Waals surface area contributed by atoms with Crippen LogP contribution in [0.5, 0.6) is 0 Å². The summed E-state index contributed by atoms with van der Waals surface area (Å²) in [6.07, 6.45) is 5.31. The SMILES string of the molecule is Cc1cccc(NC(=O)c2sc(CCc3ccncc3)nc2C)c1. The van der Waals surface area contributed by atoms with E-state index < -0.39 is 0 Å². The molecule has 0 unspecified atom stereocenters. The number of anilines is 1. The number of nitrogens with one attached hydrogen (secondary N) is 1. The number of carbonyl (C=O) groups is 1. The first-order valence-electron chi connectivity index (χ1n) is 7.85. The molecule has 122 valence electrons. The summed E-state index contributed by atoms with van der Waals surface area (Å²) < 4.78 is 0. The van der Waals surface area contributed by atoms with Gasteiger partial charge in [-0.2, -0.15) is 0 Å². The van der Waals surface area contributed by atoms with Crippen LogP contribution in [0.1, 0.15) is 31.5 Å². The summed E-state index contributed by atoms with van der Waals surface area (Å²) in [5, 5.41) is 3.94. The van der Waals surface area contributed by atoms with Gasteiger partial charge in [-0.05, 0) is 55.7 Å². The van der Waals surface area contributed by atoms with Crippen LogP contribution in [-0.2, 0) is 12.8 Å². The van der Waals surface area contributed by atoms with Crippen molar-refractivity contribution < 1.29 is 4.79 Å². The standard InChI is InChI=1S/C19H19N3OS/c1-13-4-3-5-16(12-13)22-19(23)18-14(2)21-17(24-18)7-6-15-8-10-20-11-9-15/h3-5,8-12H,6-7H2,1-2H3,(H,22,23). The number of benzene rings is 1. The first-order chi connectivity index (χ1) is 11.6. The van der Waals surface area contributed by atoms with Gasteiger partial charge in [0.15, 0.2) is 0 Å². The van der Waals surface area contributed by atoms with E-state index in [1.165, 1.54) is 16.9 Å². The van der Waals surface area contributed by atoms with Gasteiger partial charge in [0, 0.05) is 24.5 Å². The van der Waals surface area contributed by atoms with Crippen molar-refractivity contribution in [1.29, 1.82) is 0 Å². The lowest BCUT2D eigenvalue weighted by atomic mass is 10.1. The van der Waals surface area contributed by atoms with E-state index in [2.05, 4.69) is 15.3 Å². The number of thiazole rings is 1. The van der Waals surface area contributed by atoms with Gasteiger partial charge in [-0.25, -0.2) is 4.98 Å². The summed E-state index contributed by atoms with van der Waals surface area (Å²) in [4.78, 5) is 21.7. The molecule has 0 aliphatic heterocycles. The topological polar surface area (TPSA) is 54.9 Å². The van der Waals surface area contributed by atoms with Crippen molar-refractivity contribution in [3.05, 3.63) is 75.5 Å². The highest BCUT2D eigenvalue weighted by molar-refractivity contribution is 7.13. The summed E-state index contributed by atoms with van der Waals surface area (Å²) in [5.74, 6) is -0.0919. The lowest BCUT2D eigenvalue weighted by molar-refractivity contribution is 0.103. The second-order valence-corrected chi connectivity index (χ2v) is 6.78. The summed E-state index contributed by atoms with van der Waals surface area (Å²) in [6, 6.07) is 11.8. The number of rotatable bonds is 5. The molecule has 0 saturated carbocycles. The van der Waals surface area contributed by atoms with Crippen molar-refractivity contribution in [2.75, 3.05) is 5.32 Å². The highest BCUT2D eigenvalue weighted by Crippen LogP contribution is 2.21.